The molecule has 0 aliphatic heterocycles. The molecule has 0 amide bonds. The van der Waals surface area contributed by atoms with Crippen molar-refractivity contribution in [1.82, 2.24) is 29.9 Å². The molecular formula is C108H68N6OS. The van der Waals surface area contributed by atoms with E-state index in [1.807, 2.05) is 108 Å². The fraction of sp³-hybridized carbons (Fsp3) is 0.0185. The quantitative estimate of drug-likeness (QED) is 0.120. The molecule has 4 aromatic heterocycles. The lowest BCUT2D eigenvalue weighted by Gasteiger charge is -2.34. The minimum atomic E-state index is -0.490. The Bertz CT molecular complexity index is 7170. The number of hydrogen-bond acceptors (Lipinski definition) is 8. The molecule has 23 rings (SSSR count). The average Bonchev–Trinajstić information content (AvgIpc) is 1.56. The van der Waals surface area contributed by atoms with Crippen LogP contribution in [0.5, 0.6) is 0 Å². The van der Waals surface area contributed by atoms with Crippen molar-refractivity contribution in [3.05, 3.63) is 457 Å². The summed E-state index contributed by atoms with van der Waals surface area (Å²) in [5.74, 6) is 3.87. The highest BCUT2D eigenvalue weighted by molar-refractivity contribution is 7.26. The summed E-state index contributed by atoms with van der Waals surface area (Å²) in [6.07, 6.45) is 0. The Labute approximate surface area is 674 Å². The number of benzene rings is 17. The van der Waals surface area contributed by atoms with Crippen LogP contribution < -0.4 is 0 Å². The molecule has 17 aromatic carbocycles. The third kappa shape index (κ3) is 11.1. The van der Waals surface area contributed by atoms with Crippen LogP contribution in [0.15, 0.2) is 417 Å². The Kier molecular flexibility index (Phi) is 16.4. The Morgan fingerprint density at radius 2 is 0.552 bits per heavy atom. The highest BCUT2D eigenvalue weighted by Gasteiger charge is 2.48. The smallest absolute Gasteiger partial charge is 0.164 e. The van der Waals surface area contributed by atoms with Crippen LogP contribution in [0.2, 0.25) is 0 Å². The van der Waals surface area contributed by atoms with E-state index in [-0.39, 0.29) is 0 Å². The summed E-state index contributed by atoms with van der Waals surface area (Å²) in [5.41, 5.74) is 26.4. The summed E-state index contributed by atoms with van der Waals surface area (Å²) in [6.45, 7) is 0. The second-order valence-electron chi connectivity index (χ2n) is 29.8. The normalized spacial score (nSPS) is 12.8. The van der Waals surface area contributed by atoms with E-state index in [9.17, 15) is 0 Å². The minimum Gasteiger partial charge on any atom is -0.456 e. The van der Waals surface area contributed by atoms with Gasteiger partial charge in [-0.25, -0.2) is 29.9 Å². The van der Waals surface area contributed by atoms with E-state index < -0.39 is 10.8 Å². The topological polar surface area (TPSA) is 90.5 Å². The van der Waals surface area contributed by atoms with Crippen LogP contribution in [0.4, 0.5) is 0 Å². The van der Waals surface area contributed by atoms with Crippen molar-refractivity contribution in [2.45, 2.75) is 10.8 Å². The van der Waals surface area contributed by atoms with Gasteiger partial charge in [-0.1, -0.05) is 376 Å². The van der Waals surface area contributed by atoms with Crippen LogP contribution in [-0.4, -0.2) is 29.9 Å². The molecule has 116 heavy (non-hydrogen) atoms. The Morgan fingerprint density at radius 1 is 0.190 bits per heavy atom. The molecule has 7 nitrogen and oxygen atoms in total. The maximum Gasteiger partial charge on any atom is 0.164 e. The van der Waals surface area contributed by atoms with Crippen molar-refractivity contribution in [3.63, 3.8) is 0 Å². The first-order valence-corrected chi connectivity index (χ1v) is 40.1. The van der Waals surface area contributed by atoms with Crippen molar-refractivity contribution in [2.75, 3.05) is 0 Å². The third-order valence-corrected chi connectivity index (χ3v) is 24.6. The van der Waals surface area contributed by atoms with Gasteiger partial charge in [0.1, 0.15) is 11.2 Å². The van der Waals surface area contributed by atoms with Crippen molar-refractivity contribution in [2.24, 2.45) is 0 Å². The molecule has 542 valence electrons. The van der Waals surface area contributed by atoms with Gasteiger partial charge >= 0.3 is 0 Å². The largest absolute Gasteiger partial charge is 0.456 e. The molecule has 0 saturated carbocycles. The van der Waals surface area contributed by atoms with E-state index in [4.69, 9.17) is 34.3 Å². The number of rotatable bonds is 12. The lowest BCUT2D eigenvalue weighted by atomic mass is 9.67. The first-order chi connectivity index (χ1) is 57.5. The zero-order valence-electron chi connectivity index (χ0n) is 62.8. The molecule has 0 N–H and O–H groups in total. The summed E-state index contributed by atoms with van der Waals surface area (Å²) in [7, 11) is 0. The van der Waals surface area contributed by atoms with E-state index >= 15 is 0 Å². The lowest BCUT2D eigenvalue weighted by Crippen LogP contribution is -2.28. The number of nitrogens with zero attached hydrogens (tertiary/aromatic N) is 6. The predicted molar refractivity (Wildman–Crippen MR) is 475 cm³/mol. The van der Waals surface area contributed by atoms with E-state index in [0.29, 0.717) is 34.9 Å². The number of aromatic nitrogens is 6. The van der Waals surface area contributed by atoms with Crippen LogP contribution in [0, 0.1) is 0 Å². The minimum absolute atomic E-state index is 0.470. The molecule has 0 saturated heterocycles. The third-order valence-electron chi connectivity index (χ3n) is 23.5. The van der Waals surface area contributed by atoms with Gasteiger partial charge in [-0.05, 0) is 136 Å². The predicted octanol–water partition coefficient (Wildman–Crippen LogP) is 27.2. The second-order valence-corrected chi connectivity index (χ2v) is 30.8. The van der Waals surface area contributed by atoms with Gasteiger partial charge in [0.2, 0.25) is 0 Å². The van der Waals surface area contributed by atoms with Crippen LogP contribution in [-0.2, 0) is 10.8 Å². The molecule has 0 bridgehead atoms. The Morgan fingerprint density at radius 3 is 1.03 bits per heavy atom. The van der Waals surface area contributed by atoms with Gasteiger partial charge < -0.3 is 4.42 Å². The summed E-state index contributed by atoms with van der Waals surface area (Å²) in [5, 5.41) is 6.98. The summed E-state index contributed by atoms with van der Waals surface area (Å²) < 4.78 is 9.29. The van der Waals surface area contributed by atoms with Crippen molar-refractivity contribution in [3.8, 4) is 113 Å². The van der Waals surface area contributed by atoms with Crippen molar-refractivity contribution in [1.29, 1.82) is 0 Å². The van der Waals surface area contributed by atoms with E-state index in [1.54, 1.807) is 0 Å². The van der Waals surface area contributed by atoms with Gasteiger partial charge in [-0.2, -0.15) is 0 Å². The maximum absolute atomic E-state index is 6.75. The Balaban J connectivity index is 0.000000141. The van der Waals surface area contributed by atoms with Gasteiger partial charge in [-0.3, -0.25) is 0 Å². The molecule has 4 heterocycles. The van der Waals surface area contributed by atoms with Gasteiger partial charge in [0, 0.05) is 64.3 Å². The molecule has 2 aliphatic carbocycles. The van der Waals surface area contributed by atoms with Crippen molar-refractivity contribution < 1.29 is 4.42 Å². The van der Waals surface area contributed by atoms with Crippen LogP contribution in [0.3, 0.4) is 0 Å². The maximum atomic E-state index is 6.75. The molecule has 2 aliphatic rings. The summed E-state index contributed by atoms with van der Waals surface area (Å²) in [4.78, 5) is 30.0. The SMILES string of the molecule is c1ccc(-c2nc(-c3ccccc3)nc(-c3ccc(-c4cccc5oc6cc(C7(c8ccccc8)c8ccccc8-c8ccccc87)ccc6c45)cc3)n2)cc1.c1ccc(-c2nc(-c3ccccc3)nc(-c3ccc(-c4cccc5sc6ccc(C7(c8ccccc8)c8ccccc8-c8ccccc87)cc6c45)c4ccccc34)n2)cc1. The second kappa shape index (κ2) is 28.0. The zero-order chi connectivity index (χ0) is 76.7. The van der Waals surface area contributed by atoms with Crippen LogP contribution in [0.1, 0.15) is 44.5 Å². The first kappa shape index (κ1) is 67.9. The first-order valence-electron chi connectivity index (χ1n) is 39.3. The highest BCUT2D eigenvalue weighted by Crippen LogP contribution is 2.59. The molecule has 0 atom stereocenters. The molecule has 0 spiro atoms. The molecule has 8 heteroatoms. The van der Waals surface area contributed by atoms with E-state index in [0.717, 1.165) is 77.2 Å². The van der Waals surface area contributed by atoms with Gasteiger partial charge in [0.05, 0.1) is 10.8 Å². The summed E-state index contributed by atoms with van der Waals surface area (Å²) in [6, 6.07) is 147. The van der Waals surface area contributed by atoms with Crippen LogP contribution >= 0.6 is 11.3 Å². The summed E-state index contributed by atoms with van der Waals surface area (Å²) >= 11 is 1.87. The van der Waals surface area contributed by atoms with Gasteiger partial charge in [0.15, 0.2) is 34.9 Å². The molecule has 0 unspecified atom stereocenters. The Hall–Kier alpha value is -15.0. The molecule has 21 aromatic rings. The van der Waals surface area contributed by atoms with E-state index in [1.165, 1.54) is 98.1 Å². The highest BCUT2D eigenvalue weighted by atomic mass is 32.1. The molecule has 0 fully saturated rings. The number of thiophene rings is 1. The fourth-order valence-electron chi connectivity index (χ4n) is 18.4. The number of furan rings is 1. The lowest BCUT2D eigenvalue weighted by molar-refractivity contribution is 0.665. The molecular weight excluding hydrogens is 1430 g/mol. The average molecular weight is 1500 g/mol. The standard InChI is InChI=1S/C56H35N3S.C52H33N3O/c1-4-17-36(18-5-1)53-57-54(37-19-6-2-7-20-37)59-55(58-53)46-33-32-42(40-23-10-11-24-41(40)46)45-27-16-30-51-52(45)47-35-39(31-34-50(47)60-51)56(38-21-8-3-9-22-38)48-28-14-12-25-43(48)44-26-13-15-29-49(44)56;1-4-15-35(16-5-1)49-53-50(36-17-6-2-7-18-36)55-51(54-49)37-29-27-34(28-30-37)40-23-14-26-46-48(40)43-32-31-39(33-47(43)56-46)52(38-19-8-3-9-20-38)44-24-12-10-21-41(44)42-22-11-13-25-45(42)52/h1-35H;1-33H. The number of hydrogen-bond donors (Lipinski definition) is 0. The number of fused-ring (bicyclic) bond motifs is 13. The van der Waals surface area contributed by atoms with E-state index in [2.05, 4.69) is 315 Å². The van der Waals surface area contributed by atoms with Crippen molar-refractivity contribution >= 4 is 64.2 Å². The zero-order valence-corrected chi connectivity index (χ0v) is 63.6. The van der Waals surface area contributed by atoms with Gasteiger partial charge in [-0.15, -0.1) is 11.3 Å². The molecule has 0 radical (unpaired) electrons. The monoisotopic (exact) mass is 1500 g/mol. The van der Waals surface area contributed by atoms with Gasteiger partial charge in [0.25, 0.3) is 0 Å². The van der Waals surface area contributed by atoms with Crippen LogP contribution in [0.25, 0.3) is 166 Å². The fourth-order valence-corrected chi connectivity index (χ4v) is 19.5.